The van der Waals surface area contributed by atoms with E-state index in [-0.39, 0.29) is 12.7 Å². The molecule has 1 fully saturated rings. The first-order valence-corrected chi connectivity index (χ1v) is 7.05. The molecule has 0 unspecified atom stereocenters. The molecule has 0 radical (unpaired) electrons. The van der Waals surface area contributed by atoms with Gasteiger partial charge in [0.1, 0.15) is 0 Å². The molecule has 1 aromatic carbocycles. The maximum Gasteiger partial charge on any atom is 0.289 e. The van der Waals surface area contributed by atoms with Gasteiger partial charge in [-0.05, 0) is 6.07 Å². The average Bonchev–Trinajstić information content (AvgIpc) is 2.97. The third-order valence-electron chi connectivity index (χ3n) is 3.83. The van der Waals surface area contributed by atoms with Crippen LogP contribution < -0.4 is 9.47 Å². The summed E-state index contributed by atoms with van der Waals surface area (Å²) in [5, 5.41) is 0. The fourth-order valence-corrected chi connectivity index (χ4v) is 2.69. The van der Waals surface area contributed by atoms with Gasteiger partial charge in [0.2, 0.25) is 12.6 Å². The summed E-state index contributed by atoms with van der Waals surface area (Å²) >= 11 is 0. The van der Waals surface area contributed by atoms with E-state index in [1.165, 1.54) is 6.92 Å². The van der Waals surface area contributed by atoms with Gasteiger partial charge in [0.05, 0.1) is 0 Å². The first-order chi connectivity index (χ1) is 10.1. The minimum Gasteiger partial charge on any atom is -0.454 e. The molecule has 2 aliphatic rings. The number of piperazine rings is 1. The molecule has 1 amide bonds. The van der Waals surface area contributed by atoms with Crippen LogP contribution in [0.25, 0.3) is 0 Å². The Hall–Kier alpha value is -2.08. The zero-order chi connectivity index (χ0) is 14.8. The van der Waals surface area contributed by atoms with Gasteiger partial charge >= 0.3 is 0 Å². The number of ether oxygens (including phenoxy) is 2. The number of hydrogen-bond donors (Lipinski definition) is 0. The van der Waals surface area contributed by atoms with Gasteiger partial charge < -0.3 is 14.4 Å². The Morgan fingerprint density at radius 2 is 1.90 bits per heavy atom. The molecule has 0 atom stereocenters. The van der Waals surface area contributed by atoms with Crippen molar-refractivity contribution in [1.29, 1.82) is 0 Å². The minimum absolute atomic E-state index is 0.271. The van der Waals surface area contributed by atoms with Crippen LogP contribution in [0, 0.1) is 0 Å². The van der Waals surface area contributed by atoms with E-state index in [2.05, 4.69) is 4.90 Å². The Bertz CT molecular complexity index is 565. The number of Topliss-reactive ketones (excluding diaryl/α,β-unsaturated/α-hetero) is 1. The molecule has 112 valence electrons. The lowest BCUT2D eigenvalue weighted by molar-refractivity contribution is -0.144. The number of carbonyl (C=O) groups excluding carboxylic acids is 2. The molecule has 1 aromatic rings. The van der Waals surface area contributed by atoms with Crippen molar-refractivity contribution >= 4 is 11.7 Å². The molecular formula is C15H18N2O4. The SMILES string of the molecule is CC(=O)C(=O)N1CCN(Cc2cccc3c2OCO3)CC1. The van der Waals surface area contributed by atoms with Crippen molar-refractivity contribution in [2.45, 2.75) is 13.5 Å². The van der Waals surface area contributed by atoms with Gasteiger partial charge in [0.25, 0.3) is 5.91 Å². The Morgan fingerprint density at radius 3 is 2.62 bits per heavy atom. The molecule has 21 heavy (non-hydrogen) atoms. The summed E-state index contributed by atoms with van der Waals surface area (Å²) < 4.78 is 10.9. The molecule has 6 heteroatoms. The van der Waals surface area contributed by atoms with Crippen molar-refractivity contribution in [2.24, 2.45) is 0 Å². The smallest absolute Gasteiger partial charge is 0.289 e. The van der Waals surface area contributed by atoms with Crippen LogP contribution in [0.5, 0.6) is 11.5 Å². The number of fused-ring (bicyclic) bond motifs is 1. The Balaban J connectivity index is 1.60. The Labute approximate surface area is 123 Å². The van der Waals surface area contributed by atoms with E-state index in [1.807, 2.05) is 18.2 Å². The third kappa shape index (κ3) is 2.85. The van der Waals surface area contributed by atoms with Crippen LogP contribution in [-0.2, 0) is 16.1 Å². The molecule has 2 aliphatic heterocycles. The van der Waals surface area contributed by atoms with Gasteiger partial charge in [-0.3, -0.25) is 14.5 Å². The molecule has 0 aliphatic carbocycles. The van der Waals surface area contributed by atoms with E-state index in [0.717, 1.165) is 36.7 Å². The second-order valence-corrected chi connectivity index (χ2v) is 5.28. The van der Waals surface area contributed by atoms with Crippen LogP contribution in [0.4, 0.5) is 0 Å². The average molecular weight is 290 g/mol. The van der Waals surface area contributed by atoms with Crippen molar-refractivity contribution in [3.05, 3.63) is 23.8 Å². The lowest BCUT2D eigenvalue weighted by Gasteiger charge is -2.34. The molecule has 0 spiro atoms. The first kappa shape index (κ1) is 13.9. The number of nitrogens with zero attached hydrogens (tertiary/aromatic N) is 2. The van der Waals surface area contributed by atoms with Crippen molar-refractivity contribution in [2.75, 3.05) is 33.0 Å². The van der Waals surface area contributed by atoms with E-state index in [0.29, 0.717) is 13.1 Å². The quantitative estimate of drug-likeness (QED) is 0.765. The summed E-state index contributed by atoms with van der Waals surface area (Å²) in [6.07, 6.45) is 0. The van der Waals surface area contributed by atoms with Crippen LogP contribution in [0.3, 0.4) is 0 Å². The maximum atomic E-state index is 11.6. The summed E-state index contributed by atoms with van der Waals surface area (Å²) in [7, 11) is 0. The molecule has 0 N–H and O–H groups in total. The second-order valence-electron chi connectivity index (χ2n) is 5.28. The van der Waals surface area contributed by atoms with Crippen molar-refractivity contribution in [3.63, 3.8) is 0 Å². The van der Waals surface area contributed by atoms with E-state index >= 15 is 0 Å². The highest BCUT2D eigenvalue weighted by Crippen LogP contribution is 2.35. The molecule has 0 saturated carbocycles. The first-order valence-electron chi connectivity index (χ1n) is 7.05. The summed E-state index contributed by atoms with van der Waals surface area (Å²) in [6.45, 7) is 5.03. The number of rotatable bonds is 3. The zero-order valence-corrected chi connectivity index (χ0v) is 12.0. The van der Waals surface area contributed by atoms with Crippen LogP contribution in [-0.4, -0.2) is 54.5 Å². The second kappa shape index (κ2) is 5.73. The van der Waals surface area contributed by atoms with Gasteiger partial charge in [-0.1, -0.05) is 12.1 Å². The lowest BCUT2D eigenvalue weighted by atomic mass is 10.1. The monoisotopic (exact) mass is 290 g/mol. The third-order valence-corrected chi connectivity index (χ3v) is 3.83. The Morgan fingerprint density at radius 1 is 1.14 bits per heavy atom. The zero-order valence-electron chi connectivity index (χ0n) is 12.0. The topological polar surface area (TPSA) is 59.1 Å². The van der Waals surface area contributed by atoms with Gasteiger partial charge in [-0.2, -0.15) is 0 Å². The van der Waals surface area contributed by atoms with Crippen LogP contribution >= 0.6 is 0 Å². The van der Waals surface area contributed by atoms with Gasteiger partial charge in [-0.15, -0.1) is 0 Å². The van der Waals surface area contributed by atoms with Crippen molar-refractivity contribution < 1.29 is 19.1 Å². The molecule has 0 bridgehead atoms. The number of benzene rings is 1. The van der Waals surface area contributed by atoms with Crippen LogP contribution in [0.2, 0.25) is 0 Å². The predicted molar refractivity (Wildman–Crippen MR) is 75.1 cm³/mol. The molecule has 1 saturated heterocycles. The predicted octanol–water partition coefficient (Wildman–Crippen LogP) is 0.648. The standard InChI is InChI=1S/C15H18N2O4/c1-11(18)15(19)17-7-5-16(6-8-17)9-12-3-2-4-13-14(12)21-10-20-13/h2-4H,5-10H2,1H3. The number of hydrogen-bond acceptors (Lipinski definition) is 5. The van der Waals surface area contributed by atoms with Crippen LogP contribution in [0.15, 0.2) is 18.2 Å². The summed E-state index contributed by atoms with van der Waals surface area (Å²) in [4.78, 5) is 26.6. The van der Waals surface area contributed by atoms with Crippen LogP contribution in [0.1, 0.15) is 12.5 Å². The van der Waals surface area contributed by atoms with Gasteiger partial charge in [-0.25, -0.2) is 0 Å². The fourth-order valence-electron chi connectivity index (χ4n) is 2.69. The van der Waals surface area contributed by atoms with E-state index < -0.39 is 5.78 Å². The fraction of sp³-hybridized carbons (Fsp3) is 0.467. The lowest BCUT2D eigenvalue weighted by Crippen LogP contribution is -2.49. The normalized spacial score (nSPS) is 17.9. The highest BCUT2D eigenvalue weighted by Gasteiger charge is 2.25. The number of para-hydroxylation sites is 1. The molecule has 3 rings (SSSR count). The Kier molecular flexibility index (Phi) is 3.79. The van der Waals surface area contributed by atoms with E-state index in [1.54, 1.807) is 4.90 Å². The highest BCUT2D eigenvalue weighted by molar-refractivity contribution is 6.35. The number of carbonyl (C=O) groups is 2. The molecule has 2 heterocycles. The number of ketones is 1. The highest BCUT2D eigenvalue weighted by atomic mass is 16.7. The largest absolute Gasteiger partial charge is 0.454 e. The van der Waals surface area contributed by atoms with E-state index in [4.69, 9.17) is 9.47 Å². The summed E-state index contributed by atoms with van der Waals surface area (Å²) in [5.41, 5.74) is 1.09. The van der Waals surface area contributed by atoms with E-state index in [9.17, 15) is 9.59 Å². The summed E-state index contributed by atoms with van der Waals surface area (Å²) in [5.74, 6) is 0.833. The van der Waals surface area contributed by atoms with Crippen molar-refractivity contribution in [3.8, 4) is 11.5 Å². The van der Waals surface area contributed by atoms with Crippen molar-refractivity contribution in [1.82, 2.24) is 9.80 Å². The van der Waals surface area contributed by atoms with Gasteiger partial charge in [0, 0.05) is 45.2 Å². The van der Waals surface area contributed by atoms with Gasteiger partial charge in [0.15, 0.2) is 11.5 Å². The molecule has 6 nitrogen and oxygen atoms in total. The number of amides is 1. The minimum atomic E-state index is -0.394. The summed E-state index contributed by atoms with van der Waals surface area (Å²) in [6, 6.07) is 5.88. The maximum absolute atomic E-state index is 11.6. The molecular weight excluding hydrogens is 272 g/mol. The molecule has 0 aromatic heterocycles.